The fraction of sp³-hybridized carbons (Fsp3) is 1.00. The van der Waals surface area contributed by atoms with Crippen molar-refractivity contribution < 1.29 is 19.3 Å². The van der Waals surface area contributed by atoms with E-state index in [1.807, 2.05) is 0 Å². The lowest BCUT2D eigenvalue weighted by atomic mass is 9.77. The minimum absolute atomic E-state index is 0.0115. The van der Waals surface area contributed by atoms with Gasteiger partial charge in [0, 0.05) is 13.0 Å². The van der Waals surface area contributed by atoms with E-state index in [1.165, 1.54) is 38.5 Å². The van der Waals surface area contributed by atoms with Gasteiger partial charge in [0.15, 0.2) is 12.6 Å². The van der Waals surface area contributed by atoms with Crippen LogP contribution in [0.4, 0.5) is 0 Å². The minimum Gasteiger partial charge on any atom is -0.368 e. The van der Waals surface area contributed by atoms with Gasteiger partial charge in [-0.15, -0.1) is 0 Å². The monoisotopic (exact) mass is 368 g/mol. The number of fused-ring (bicyclic) bond motifs is 1. The molecule has 6 atom stereocenters. The molecule has 2 aliphatic heterocycles. The fourth-order valence-corrected chi connectivity index (χ4v) is 5.28. The van der Waals surface area contributed by atoms with Crippen LogP contribution in [0.25, 0.3) is 0 Å². The van der Waals surface area contributed by atoms with Crippen LogP contribution in [-0.2, 0) is 14.2 Å². The first-order valence-electron chi connectivity index (χ1n) is 11.1. The Morgan fingerprint density at radius 1 is 1.19 bits per heavy atom. The molecular weight excluding hydrogens is 328 g/mol. The van der Waals surface area contributed by atoms with E-state index in [0.717, 1.165) is 38.7 Å². The first kappa shape index (κ1) is 20.6. The van der Waals surface area contributed by atoms with Gasteiger partial charge < -0.3 is 19.3 Å². The average Bonchev–Trinajstić information content (AvgIpc) is 3.17. The van der Waals surface area contributed by atoms with Crippen molar-refractivity contribution in [1.82, 2.24) is 0 Å². The van der Waals surface area contributed by atoms with Crippen LogP contribution in [0.15, 0.2) is 0 Å². The molecule has 1 N–H and O–H groups in total. The highest BCUT2D eigenvalue weighted by Crippen LogP contribution is 2.45. The topological polar surface area (TPSA) is 47.9 Å². The van der Waals surface area contributed by atoms with E-state index in [9.17, 15) is 5.11 Å². The van der Waals surface area contributed by atoms with Crippen molar-refractivity contribution in [1.29, 1.82) is 0 Å². The van der Waals surface area contributed by atoms with Crippen molar-refractivity contribution in [2.45, 2.75) is 116 Å². The summed E-state index contributed by atoms with van der Waals surface area (Å²) in [6, 6.07) is 0. The molecule has 0 bridgehead atoms. The van der Waals surface area contributed by atoms with Gasteiger partial charge in [0.25, 0.3) is 0 Å². The normalized spacial score (nSPS) is 36.2. The molecule has 3 fully saturated rings. The van der Waals surface area contributed by atoms with E-state index in [-0.39, 0.29) is 17.8 Å². The Hall–Kier alpha value is -0.160. The van der Waals surface area contributed by atoms with Gasteiger partial charge in [-0.1, -0.05) is 33.6 Å². The lowest BCUT2D eigenvalue weighted by Crippen LogP contribution is -2.38. The third-order valence-corrected chi connectivity index (χ3v) is 7.01. The SMILES string of the molecule is CCCCC(C)(C)[C@@H](CC[C@H]1CC[C@@H]2OC(O)C[C@H]12)OC1CCCCO1. The summed E-state index contributed by atoms with van der Waals surface area (Å²) in [6.45, 7) is 7.85. The molecule has 0 aromatic carbocycles. The highest BCUT2D eigenvalue weighted by atomic mass is 16.7. The smallest absolute Gasteiger partial charge is 0.157 e. The van der Waals surface area contributed by atoms with Crippen molar-refractivity contribution in [2.75, 3.05) is 6.61 Å². The number of ether oxygens (including phenoxy) is 3. The molecule has 3 aliphatic rings. The largest absolute Gasteiger partial charge is 0.368 e. The number of hydrogen-bond acceptors (Lipinski definition) is 4. The van der Waals surface area contributed by atoms with E-state index >= 15 is 0 Å². The summed E-state index contributed by atoms with van der Waals surface area (Å²) in [6.07, 6.45) is 12.6. The fourth-order valence-electron chi connectivity index (χ4n) is 5.28. The lowest BCUT2D eigenvalue weighted by Gasteiger charge is -2.38. The molecule has 0 aromatic heterocycles. The summed E-state index contributed by atoms with van der Waals surface area (Å²) in [4.78, 5) is 0. The van der Waals surface area contributed by atoms with Crippen LogP contribution in [-0.4, -0.2) is 36.5 Å². The second-order valence-electron chi connectivity index (χ2n) is 9.46. The van der Waals surface area contributed by atoms with Crippen molar-refractivity contribution in [3.05, 3.63) is 0 Å². The van der Waals surface area contributed by atoms with Crippen LogP contribution in [0.2, 0.25) is 0 Å². The second kappa shape index (κ2) is 9.36. The van der Waals surface area contributed by atoms with Crippen LogP contribution in [0.1, 0.15) is 91.4 Å². The predicted octanol–water partition coefficient (Wildman–Crippen LogP) is 5.03. The predicted molar refractivity (Wildman–Crippen MR) is 103 cm³/mol. The van der Waals surface area contributed by atoms with Gasteiger partial charge in [-0.25, -0.2) is 0 Å². The molecule has 2 unspecified atom stereocenters. The molecule has 0 amide bonds. The zero-order chi connectivity index (χ0) is 18.6. The highest BCUT2D eigenvalue weighted by molar-refractivity contribution is 4.91. The van der Waals surface area contributed by atoms with Crippen LogP contribution in [0, 0.1) is 17.3 Å². The maximum absolute atomic E-state index is 9.81. The van der Waals surface area contributed by atoms with E-state index in [2.05, 4.69) is 20.8 Å². The highest BCUT2D eigenvalue weighted by Gasteiger charge is 2.44. The average molecular weight is 369 g/mol. The zero-order valence-electron chi connectivity index (χ0n) is 17.1. The van der Waals surface area contributed by atoms with Crippen molar-refractivity contribution in [3.63, 3.8) is 0 Å². The maximum Gasteiger partial charge on any atom is 0.157 e. The Labute approximate surface area is 160 Å². The Kier molecular flexibility index (Phi) is 7.40. The molecule has 2 heterocycles. The van der Waals surface area contributed by atoms with Crippen molar-refractivity contribution >= 4 is 0 Å². The van der Waals surface area contributed by atoms with Gasteiger partial charge in [0.05, 0.1) is 12.2 Å². The molecule has 0 spiro atoms. The number of unbranched alkanes of at least 4 members (excludes halogenated alkanes) is 1. The Balaban J connectivity index is 1.57. The van der Waals surface area contributed by atoms with Gasteiger partial charge >= 0.3 is 0 Å². The minimum atomic E-state index is -0.531. The molecule has 0 aromatic rings. The van der Waals surface area contributed by atoms with E-state index < -0.39 is 6.29 Å². The summed E-state index contributed by atoms with van der Waals surface area (Å²) >= 11 is 0. The standard InChI is InChI=1S/C22H40O4/c1-4-5-13-22(2,3)19(26-21-8-6-7-14-24-21)12-10-16-9-11-18-17(16)15-20(23)25-18/h16-21,23H,4-15H2,1-3H3/t16-,17-,18+,19-,20?,21?/m1/s1. The van der Waals surface area contributed by atoms with Gasteiger partial charge in [-0.2, -0.15) is 0 Å². The quantitative estimate of drug-likeness (QED) is 0.620. The first-order valence-corrected chi connectivity index (χ1v) is 11.1. The van der Waals surface area contributed by atoms with Crippen LogP contribution >= 0.6 is 0 Å². The van der Waals surface area contributed by atoms with Crippen LogP contribution in [0.3, 0.4) is 0 Å². The van der Waals surface area contributed by atoms with Crippen molar-refractivity contribution in [2.24, 2.45) is 17.3 Å². The van der Waals surface area contributed by atoms with E-state index in [0.29, 0.717) is 17.9 Å². The molecular formula is C22H40O4. The van der Waals surface area contributed by atoms with Gasteiger partial charge in [0.1, 0.15) is 0 Å². The lowest BCUT2D eigenvalue weighted by molar-refractivity contribution is -0.212. The third kappa shape index (κ3) is 5.21. The molecule has 4 heteroatoms. The van der Waals surface area contributed by atoms with Crippen LogP contribution in [0.5, 0.6) is 0 Å². The Morgan fingerprint density at radius 2 is 2.04 bits per heavy atom. The molecule has 26 heavy (non-hydrogen) atoms. The van der Waals surface area contributed by atoms with E-state index in [4.69, 9.17) is 14.2 Å². The third-order valence-electron chi connectivity index (χ3n) is 7.01. The second-order valence-corrected chi connectivity index (χ2v) is 9.46. The summed E-state index contributed by atoms with van der Waals surface area (Å²) in [7, 11) is 0. The summed E-state index contributed by atoms with van der Waals surface area (Å²) < 4.78 is 18.1. The summed E-state index contributed by atoms with van der Waals surface area (Å²) in [5.74, 6) is 1.23. The van der Waals surface area contributed by atoms with E-state index in [1.54, 1.807) is 0 Å². The first-order chi connectivity index (χ1) is 12.5. The zero-order valence-corrected chi connectivity index (χ0v) is 17.1. The Morgan fingerprint density at radius 3 is 2.77 bits per heavy atom. The molecule has 2 saturated heterocycles. The summed E-state index contributed by atoms with van der Waals surface area (Å²) in [5, 5.41) is 9.81. The van der Waals surface area contributed by atoms with Crippen LogP contribution < -0.4 is 0 Å². The number of aliphatic hydroxyl groups excluding tert-OH is 1. The van der Waals surface area contributed by atoms with Gasteiger partial charge in [-0.3, -0.25) is 0 Å². The van der Waals surface area contributed by atoms with Crippen molar-refractivity contribution in [3.8, 4) is 0 Å². The van der Waals surface area contributed by atoms with Gasteiger partial charge in [-0.05, 0) is 68.6 Å². The summed E-state index contributed by atoms with van der Waals surface area (Å²) in [5.41, 5.74) is 0.181. The molecule has 3 rings (SSSR count). The number of rotatable bonds is 9. The van der Waals surface area contributed by atoms with Gasteiger partial charge in [0.2, 0.25) is 0 Å². The molecule has 1 saturated carbocycles. The maximum atomic E-state index is 9.81. The molecule has 1 aliphatic carbocycles. The number of hydrogen-bond donors (Lipinski definition) is 1. The molecule has 152 valence electrons. The Bertz CT molecular complexity index is 418. The number of aliphatic hydroxyl groups is 1. The molecule has 0 radical (unpaired) electrons. The molecule has 4 nitrogen and oxygen atoms in total.